The Kier molecular flexibility index (Phi) is 3.09. The molecule has 5 rings (SSSR count). The van der Waals surface area contributed by atoms with Gasteiger partial charge in [0.15, 0.2) is 17.3 Å². The summed E-state index contributed by atoms with van der Waals surface area (Å²) in [6.07, 6.45) is -0.249. The van der Waals surface area contributed by atoms with Crippen LogP contribution < -0.4 is 4.74 Å². The number of nitrogens with zero attached hydrogens (tertiary/aromatic N) is 2. The SMILES string of the molecule is CC1Oc2c(oc3ccccc23)-c2nc(-c3ccccc3)nc(Cl)c21. The Balaban J connectivity index is 1.81. The number of hydrogen-bond donors (Lipinski definition) is 0. The first-order valence-corrected chi connectivity index (χ1v) is 8.41. The number of hydrogen-bond acceptors (Lipinski definition) is 4. The minimum absolute atomic E-state index is 0.249. The summed E-state index contributed by atoms with van der Waals surface area (Å²) >= 11 is 6.48. The number of halogens is 1. The van der Waals surface area contributed by atoms with Gasteiger partial charge in [-0.3, -0.25) is 0 Å². The molecule has 0 aliphatic carbocycles. The molecule has 122 valence electrons. The molecule has 3 heterocycles. The zero-order valence-electron chi connectivity index (χ0n) is 13.4. The molecule has 1 atom stereocenters. The van der Waals surface area contributed by atoms with Crippen LogP contribution in [0.4, 0.5) is 0 Å². The third-order valence-electron chi connectivity index (χ3n) is 4.40. The zero-order chi connectivity index (χ0) is 17.0. The standard InChI is InChI=1S/C20H13ClN2O2/c1-11-15-16(18-17(24-11)13-9-5-6-10-14(13)25-18)22-20(23-19(15)21)12-7-3-2-4-8-12/h2-11H,1H3. The fraction of sp³-hybridized carbons (Fsp3) is 0.100. The molecule has 25 heavy (non-hydrogen) atoms. The van der Waals surface area contributed by atoms with E-state index in [1.165, 1.54) is 0 Å². The van der Waals surface area contributed by atoms with Crippen LogP contribution in [0.25, 0.3) is 33.8 Å². The van der Waals surface area contributed by atoms with Crippen molar-refractivity contribution < 1.29 is 9.15 Å². The second-order valence-corrected chi connectivity index (χ2v) is 6.34. The van der Waals surface area contributed by atoms with Gasteiger partial charge in [0.1, 0.15) is 22.5 Å². The predicted octanol–water partition coefficient (Wildman–Crippen LogP) is 5.66. The van der Waals surface area contributed by atoms with E-state index >= 15 is 0 Å². The number of para-hydroxylation sites is 1. The van der Waals surface area contributed by atoms with E-state index in [0.717, 1.165) is 22.1 Å². The quantitative estimate of drug-likeness (QED) is 0.416. The summed E-state index contributed by atoms with van der Waals surface area (Å²) in [6.45, 7) is 1.95. The lowest BCUT2D eigenvalue weighted by Gasteiger charge is -2.23. The van der Waals surface area contributed by atoms with Gasteiger partial charge in [-0.05, 0) is 19.1 Å². The van der Waals surface area contributed by atoms with E-state index < -0.39 is 0 Å². The van der Waals surface area contributed by atoms with Crippen molar-refractivity contribution in [2.45, 2.75) is 13.0 Å². The van der Waals surface area contributed by atoms with Crippen molar-refractivity contribution in [3.63, 3.8) is 0 Å². The molecular weight excluding hydrogens is 336 g/mol. The molecule has 1 unspecified atom stereocenters. The summed E-state index contributed by atoms with van der Waals surface area (Å²) in [5.41, 5.74) is 3.13. The van der Waals surface area contributed by atoms with Crippen molar-refractivity contribution in [3.05, 3.63) is 65.3 Å². The van der Waals surface area contributed by atoms with Crippen molar-refractivity contribution in [2.75, 3.05) is 0 Å². The first kappa shape index (κ1) is 14.5. The summed E-state index contributed by atoms with van der Waals surface area (Å²) < 4.78 is 12.1. The second-order valence-electron chi connectivity index (χ2n) is 5.98. The summed E-state index contributed by atoms with van der Waals surface area (Å²) in [5, 5.41) is 1.33. The van der Waals surface area contributed by atoms with Crippen molar-refractivity contribution in [1.29, 1.82) is 0 Å². The third-order valence-corrected chi connectivity index (χ3v) is 4.69. The topological polar surface area (TPSA) is 48.2 Å². The Morgan fingerprint density at radius 1 is 0.960 bits per heavy atom. The lowest BCUT2D eigenvalue weighted by atomic mass is 10.0. The number of ether oxygens (including phenoxy) is 1. The van der Waals surface area contributed by atoms with Gasteiger partial charge < -0.3 is 9.15 Å². The normalized spacial score (nSPS) is 15.5. The maximum absolute atomic E-state index is 6.48. The fourth-order valence-corrected chi connectivity index (χ4v) is 3.55. The van der Waals surface area contributed by atoms with Gasteiger partial charge in [-0.1, -0.05) is 54.1 Å². The third kappa shape index (κ3) is 2.14. The van der Waals surface area contributed by atoms with Crippen molar-refractivity contribution in [2.24, 2.45) is 0 Å². The first-order chi connectivity index (χ1) is 12.2. The van der Waals surface area contributed by atoms with E-state index in [2.05, 4.69) is 4.98 Å². The number of fused-ring (bicyclic) bond motifs is 5. The monoisotopic (exact) mass is 348 g/mol. The van der Waals surface area contributed by atoms with Crippen LogP contribution in [0, 0.1) is 0 Å². The largest absolute Gasteiger partial charge is 0.481 e. The van der Waals surface area contributed by atoms with Gasteiger partial charge in [0, 0.05) is 5.56 Å². The maximum Gasteiger partial charge on any atom is 0.196 e. The molecule has 2 aromatic carbocycles. The van der Waals surface area contributed by atoms with Gasteiger partial charge in [-0.25, -0.2) is 9.97 Å². The maximum atomic E-state index is 6.48. The Bertz CT molecular complexity index is 1110. The van der Waals surface area contributed by atoms with Crippen molar-refractivity contribution in [1.82, 2.24) is 9.97 Å². The van der Waals surface area contributed by atoms with Crippen LogP contribution in [-0.4, -0.2) is 9.97 Å². The van der Waals surface area contributed by atoms with Crippen LogP contribution in [-0.2, 0) is 0 Å². The molecule has 4 nitrogen and oxygen atoms in total. The highest BCUT2D eigenvalue weighted by Gasteiger charge is 2.33. The van der Waals surface area contributed by atoms with Crippen LogP contribution in [0.5, 0.6) is 5.75 Å². The molecule has 0 radical (unpaired) electrons. The minimum atomic E-state index is -0.249. The summed E-state index contributed by atoms with van der Waals surface area (Å²) in [4.78, 5) is 9.23. The Morgan fingerprint density at radius 2 is 1.72 bits per heavy atom. The predicted molar refractivity (Wildman–Crippen MR) is 96.7 cm³/mol. The number of benzene rings is 2. The van der Waals surface area contributed by atoms with Crippen LogP contribution in [0.2, 0.25) is 5.15 Å². The molecule has 5 heteroatoms. The van der Waals surface area contributed by atoms with E-state index in [4.69, 9.17) is 25.7 Å². The van der Waals surface area contributed by atoms with Gasteiger partial charge in [0.05, 0.1) is 10.9 Å². The van der Waals surface area contributed by atoms with Gasteiger partial charge in [0.2, 0.25) is 0 Å². The van der Waals surface area contributed by atoms with Gasteiger partial charge >= 0.3 is 0 Å². The molecule has 1 aliphatic rings. The lowest BCUT2D eigenvalue weighted by molar-refractivity contribution is 0.221. The lowest BCUT2D eigenvalue weighted by Crippen LogP contribution is -2.13. The number of aromatic nitrogens is 2. The number of rotatable bonds is 1. The van der Waals surface area contributed by atoms with E-state index in [1.807, 2.05) is 61.5 Å². The molecule has 1 aliphatic heterocycles. The van der Waals surface area contributed by atoms with E-state index in [-0.39, 0.29) is 6.10 Å². The first-order valence-electron chi connectivity index (χ1n) is 8.04. The molecule has 0 fully saturated rings. The van der Waals surface area contributed by atoms with Gasteiger partial charge in [0.25, 0.3) is 0 Å². The summed E-state index contributed by atoms with van der Waals surface area (Å²) in [5.74, 6) is 1.89. The average molecular weight is 349 g/mol. The van der Waals surface area contributed by atoms with Gasteiger partial charge in [-0.15, -0.1) is 0 Å². The van der Waals surface area contributed by atoms with Crippen LogP contribution in [0.1, 0.15) is 18.6 Å². The van der Waals surface area contributed by atoms with Gasteiger partial charge in [-0.2, -0.15) is 0 Å². The molecule has 0 N–H and O–H groups in total. The van der Waals surface area contributed by atoms with E-state index in [9.17, 15) is 0 Å². The molecule has 0 amide bonds. The molecular formula is C20H13ClN2O2. The highest BCUT2D eigenvalue weighted by molar-refractivity contribution is 6.30. The zero-order valence-corrected chi connectivity index (χ0v) is 14.1. The van der Waals surface area contributed by atoms with Crippen LogP contribution in [0.3, 0.4) is 0 Å². The number of furan rings is 1. The minimum Gasteiger partial charge on any atom is -0.481 e. The summed E-state index contributed by atoms with van der Waals surface area (Å²) in [7, 11) is 0. The molecule has 2 aromatic heterocycles. The molecule has 0 saturated heterocycles. The molecule has 0 saturated carbocycles. The molecule has 0 bridgehead atoms. The average Bonchev–Trinajstić information content (AvgIpc) is 3.01. The Morgan fingerprint density at radius 3 is 2.56 bits per heavy atom. The highest BCUT2D eigenvalue weighted by Crippen LogP contribution is 2.48. The smallest absolute Gasteiger partial charge is 0.196 e. The van der Waals surface area contributed by atoms with Crippen molar-refractivity contribution >= 4 is 22.6 Å². The van der Waals surface area contributed by atoms with Crippen LogP contribution in [0.15, 0.2) is 59.0 Å². The fourth-order valence-electron chi connectivity index (χ4n) is 3.22. The molecule has 4 aromatic rings. The Labute approximate surface area is 149 Å². The van der Waals surface area contributed by atoms with Crippen LogP contribution >= 0.6 is 11.6 Å². The highest BCUT2D eigenvalue weighted by atomic mass is 35.5. The summed E-state index contributed by atoms with van der Waals surface area (Å²) in [6, 6.07) is 17.6. The molecule has 0 spiro atoms. The Hall–Kier alpha value is -2.85. The van der Waals surface area contributed by atoms with E-state index in [1.54, 1.807) is 0 Å². The van der Waals surface area contributed by atoms with Crippen molar-refractivity contribution in [3.8, 4) is 28.6 Å². The van der Waals surface area contributed by atoms with E-state index in [0.29, 0.717) is 28.2 Å². The second kappa shape index (κ2) is 5.33.